The fourth-order valence-corrected chi connectivity index (χ4v) is 6.45. The third-order valence-electron chi connectivity index (χ3n) is 8.90. The Hall–Kier alpha value is -4.23. The highest BCUT2D eigenvalue weighted by molar-refractivity contribution is 6.38. The van der Waals surface area contributed by atoms with Gasteiger partial charge in [-0.05, 0) is 82.7 Å². The highest BCUT2D eigenvalue weighted by Gasteiger charge is 2.45. The lowest BCUT2D eigenvalue weighted by Gasteiger charge is -2.41. The molecule has 17 nitrogen and oxygen atoms in total. The maximum absolute atomic E-state index is 13.3. The standard InChI is InChI=1S/C39H54Cl2N4O13/c1-21-24(35(51)45-31-33(50)32(49)27(19-46)57-37(31)55-6)18-25(40)34(30(21)41)56-20-22-11-9-12-23(17-22)43-29(48)15-10-14-28(47)42-16-8-7-13-26(36(52)54-5)44-38(53)58-39(2,3)4/h9,11-12,17-18,26-27,31-33,37,46,49-50H,7-8,10,13-16,19-20H2,1-6H3,(H,42,47)(H,43,48)(H,44,53)(H,45,51)/t26-,27+,31+,32+,33+,37-/m0/s1. The molecule has 1 saturated heterocycles. The Morgan fingerprint density at radius 3 is 2.33 bits per heavy atom. The van der Waals surface area contributed by atoms with Crippen molar-refractivity contribution in [3.8, 4) is 5.75 Å². The summed E-state index contributed by atoms with van der Waals surface area (Å²) in [7, 11) is 2.52. The largest absolute Gasteiger partial charge is 0.486 e. The molecule has 58 heavy (non-hydrogen) atoms. The van der Waals surface area contributed by atoms with Crippen LogP contribution in [-0.4, -0.2) is 115 Å². The van der Waals surface area contributed by atoms with E-state index < -0.39 is 66.9 Å². The third-order valence-corrected chi connectivity index (χ3v) is 9.63. The topological polar surface area (TPSA) is 240 Å². The van der Waals surface area contributed by atoms with Crippen molar-refractivity contribution in [3.05, 3.63) is 57.1 Å². The molecule has 0 radical (unpaired) electrons. The number of aliphatic hydroxyl groups is 3. The number of hydrogen-bond donors (Lipinski definition) is 7. The molecule has 0 aliphatic carbocycles. The number of aliphatic hydroxyl groups excluding tert-OH is 3. The molecule has 0 saturated carbocycles. The number of carbonyl (C=O) groups is 5. The Morgan fingerprint density at radius 2 is 1.67 bits per heavy atom. The summed E-state index contributed by atoms with van der Waals surface area (Å²) in [5.41, 5.74) is 0.836. The van der Waals surface area contributed by atoms with Crippen LogP contribution >= 0.6 is 23.2 Å². The predicted octanol–water partition coefficient (Wildman–Crippen LogP) is 3.53. The van der Waals surface area contributed by atoms with Gasteiger partial charge in [0.1, 0.15) is 42.6 Å². The lowest BCUT2D eigenvalue weighted by atomic mass is 9.96. The number of carbonyl (C=O) groups excluding carboxylic acids is 5. The minimum absolute atomic E-state index is 0.00292. The van der Waals surface area contributed by atoms with E-state index in [1.807, 2.05) is 0 Å². The van der Waals surface area contributed by atoms with Crippen molar-refractivity contribution in [2.75, 3.05) is 32.7 Å². The molecule has 1 aliphatic heterocycles. The van der Waals surface area contributed by atoms with Gasteiger partial charge in [-0.25, -0.2) is 9.59 Å². The first kappa shape index (κ1) is 48.1. The summed E-state index contributed by atoms with van der Waals surface area (Å²) < 4.78 is 26.6. The smallest absolute Gasteiger partial charge is 0.408 e. The lowest BCUT2D eigenvalue weighted by Crippen LogP contribution is -2.64. The van der Waals surface area contributed by atoms with Crippen molar-refractivity contribution in [1.29, 1.82) is 0 Å². The molecule has 4 amide bonds. The van der Waals surface area contributed by atoms with Crippen molar-refractivity contribution in [2.24, 2.45) is 0 Å². The summed E-state index contributed by atoms with van der Waals surface area (Å²) in [4.78, 5) is 62.4. The van der Waals surface area contributed by atoms with Crippen LogP contribution in [0.25, 0.3) is 0 Å². The van der Waals surface area contributed by atoms with Crippen LogP contribution in [0.4, 0.5) is 10.5 Å². The number of hydrogen-bond acceptors (Lipinski definition) is 13. The maximum atomic E-state index is 13.3. The van der Waals surface area contributed by atoms with E-state index >= 15 is 0 Å². The first-order valence-electron chi connectivity index (χ1n) is 18.7. The second-order valence-electron chi connectivity index (χ2n) is 14.6. The molecule has 7 N–H and O–H groups in total. The first-order valence-corrected chi connectivity index (χ1v) is 19.4. The van der Waals surface area contributed by atoms with Gasteiger partial charge in [0.25, 0.3) is 5.91 Å². The second-order valence-corrected chi connectivity index (χ2v) is 15.4. The van der Waals surface area contributed by atoms with Crippen molar-refractivity contribution in [2.45, 2.75) is 115 Å². The van der Waals surface area contributed by atoms with Crippen LogP contribution in [0.1, 0.15) is 80.8 Å². The van der Waals surface area contributed by atoms with Crippen LogP contribution in [0.15, 0.2) is 30.3 Å². The average Bonchev–Trinajstić information content (AvgIpc) is 3.16. The van der Waals surface area contributed by atoms with Crippen LogP contribution in [0.3, 0.4) is 0 Å². The summed E-state index contributed by atoms with van der Waals surface area (Å²) in [5, 5.41) is 41.1. The predicted molar refractivity (Wildman–Crippen MR) is 213 cm³/mol. The number of benzene rings is 2. The Morgan fingerprint density at radius 1 is 0.966 bits per heavy atom. The van der Waals surface area contributed by atoms with Gasteiger partial charge >= 0.3 is 12.1 Å². The Kier molecular flexibility index (Phi) is 18.9. The van der Waals surface area contributed by atoms with Gasteiger partial charge in [0.05, 0.1) is 23.8 Å². The van der Waals surface area contributed by atoms with Gasteiger partial charge in [-0.2, -0.15) is 0 Å². The summed E-state index contributed by atoms with van der Waals surface area (Å²) in [5.74, 6) is -1.68. The zero-order chi connectivity index (χ0) is 43.2. The summed E-state index contributed by atoms with van der Waals surface area (Å²) in [6.07, 6.45) is -4.09. The number of amides is 4. The maximum Gasteiger partial charge on any atom is 0.408 e. The van der Waals surface area contributed by atoms with E-state index in [0.29, 0.717) is 49.0 Å². The zero-order valence-corrected chi connectivity index (χ0v) is 34.9. The molecule has 0 bridgehead atoms. The SMILES string of the molecule is COC(=O)[C@H](CCCCNC(=O)CCCC(=O)Nc1cccc(COc2c(Cl)cc(C(=O)N[C@H]3[C@@H](OC)O[C@H](CO)[C@@H](O)[C@@H]3O)c(C)c2Cl)c1)NC(=O)OC(C)(C)C. The van der Waals surface area contributed by atoms with E-state index in [2.05, 4.69) is 21.3 Å². The molecule has 322 valence electrons. The highest BCUT2D eigenvalue weighted by atomic mass is 35.5. The Labute approximate surface area is 347 Å². The van der Waals surface area contributed by atoms with Gasteiger partial charge in [-0.15, -0.1) is 0 Å². The van der Waals surface area contributed by atoms with Gasteiger partial charge in [0.15, 0.2) is 12.0 Å². The highest BCUT2D eigenvalue weighted by Crippen LogP contribution is 2.38. The van der Waals surface area contributed by atoms with Crippen molar-refractivity contribution >= 4 is 58.7 Å². The minimum atomic E-state index is -1.51. The van der Waals surface area contributed by atoms with Gasteiger partial charge in [-0.1, -0.05) is 35.3 Å². The molecule has 0 aromatic heterocycles. The molecule has 3 rings (SSSR count). The molecule has 6 atom stereocenters. The Bertz CT molecular complexity index is 1740. The fourth-order valence-electron chi connectivity index (χ4n) is 5.89. The number of ether oxygens (including phenoxy) is 5. The molecule has 2 aromatic carbocycles. The van der Waals surface area contributed by atoms with E-state index in [9.17, 15) is 39.3 Å². The molecule has 2 aromatic rings. The second kappa shape index (κ2) is 22.8. The molecule has 19 heteroatoms. The van der Waals surface area contributed by atoms with Crippen LogP contribution in [0, 0.1) is 6.92 Å². The lowest BCUT2D eigenvalue weighted by molar-refractivity contribution is -0.261. The molecular formula is C39H54Cl2N4O13. The Balaban J connectivity index is 1.44. The monoisotopic (exact) mass is 856 g/mol. The third kappa shape index (κ3) is 14.5. The molecule has 0 unspecified atom stereocenters. The first-order chi connectivity index (χ1) is 27.4. The molecule has 1 aliphatic rings. The molecule has 1 heterocycles. The molecule has 1 fully saturated rings. The van der Waals surface area contributed by atoms with E-state index in [-0.39, 0.29) is 52.6 Å². The van der Waals surface area contributed by atoms with Crippen LogP contribution in [0.2, 0.25) is 10.0 Å². The van der Waals surface area contributed by atoms with Crippen molar-refractivity contribution in [3.63, 3.8) is 0 Å². The van der Waals surface area contributed by atoms with Gasteiger partial charge in [0.2, 0.25) is 11.8 Å². The number of nitrogens with one attached hydrogen (secondary N) is 4. The summed E-state index contributed by atoms with van der Waals surface area (Å²) >= 11 is 13.1. The summed E-state index contributed by atoms with van der Waals surface area (Å²) in [6.45, 7) is 6.50. The fraction of sp³-hybridized carbons (Fsp3) is 0.564. The van der Waals surface area contributed by atoms with E-state index in [1.54, 1.807) is 52.0 Å². The van der Waals surface area contributed by atoms with E-state index in [4.69, 9.17) is 46.9 Å². The number of anilines is 1. The van der Waals surface area contributed by atoms with Gasteiger partial charge in [0, 0.05) is 37.7 Å². The quantitative estimate of drug-likeness (QED) is 0.0792. The number of halogens is 2. The number of unbranched alkanes of at least 4 members (excludes halogenated alkanes) is 1. The van der Waals surface area contributed by atoms with E-state index in [0.717, 1.165) is 0 Å². The average molecular weight is 858 g/mol. The number of alkyl carbamates (subject to hydrolysis) is 1. The van der Waals surface area contributed by atoms with E-state index in [1.165, 1.54) is 20.3 Å². The van der Waals surface area contributed by atoms with Crippen molar-refractivity contribution in [1.82, 2.24) is 16.0 Å². The van der Waals surface area contributed by atoms with Crippen molar-refractivity contribution < 1.29 is 63.0 Å². The molecular weight excluding hydrogens is 803 g/mol. The van der Waals surface area contributed by atoms with Crippen LogP contribution < -0.4 is 26.0 Å². The molecule has 0 spiro atoms. The van der Waals surface area contributed by atoms with Gasteiger partial charge in [-0.3, -0.25) is 14.4 Å². The number of rotatable bonds is 19. The number of esters is 1. The normalized spacial score (nSPS) is 19.7. The van der Waals surface area contributed by atoms with Crippen LogP contribution in [-0.2, 0) is 39.9 Å². The van der Waals surface area contributed by atoms with Crippen LogP contribution in [0.5, 0.6) is 5.75 Å². The van der Waals surface area contributed by atoms with Gasteiger partial charge < -0.3 is 60.3 Å². The zero-order valence-electron chi connectivity index (χ0n) is 33.4. The summed E-state index contributed by atoms with van der Waals surface area (Å²) in [6, 6.07) is 6.18. The number of methoxy groups -OCH3 is 2. The minimum Gasteiger partial charge on any atom is -0.486 e.